The average Bonchev–Trinajstić information content (AvgIpc) is 3.34. The summed E-state index contributed by atoms with van der Waals surface area (Å²) in [6.07, 6.45) is 8.44. The first-order valence-corrected chi connectivity index (χ1v) is 10.6. The maximum atomic E-state index is 5.50. The van der Waals surface area contributed by atoms with Crippen LogP contribution in [0.1, 0.15) is 83.1 Å². The molecule has 0 saturated heterocycles. The van der Waals surface area contributed by atoms with E-state index in [-0.39, 0.29) is 24.0 Å². The molecule has 28 heavy (non-hydrogen) atoms. The summed E-state index contributed by atoms with van der Waals surface area (Å²) < 4.78 is 10.8. The quantitative estimate of drug-likeness (QED) is 0.255. The number of nitrogens with one attached hydrogen (secondary N) is 2. The predicted octanol–water partition coefficient (Wildman–Crippen LogP) is 4.85. The predicted molar refractivity (Wildman–Crippen MR) is 125 cm³/mol. The minimum absolute atomic E-state index is 0. The van der Waals surface area contributed by atoms with Gasteiger partial charge in [-0.05, 0) is 44.4 Å². The summed E-state index contributed by atoms with van der Waals surface area (Å²) in [5.41, 5.74) is 1.38. The van der Waals surface area contributed by atoms with Gasteiger partial charge in [-0.3, -0.25) is 0 Å². The summed E-state index contributed by atoms with van der Waals surface area (Å²) >= 11 is 0. The number of hydrogen-bond donors (Lipinski definition) is 2. The number of aliphatic imine (C=N–C) groups is 1. The van der Waals surface area contributed by atoms with Crippen molar-refractivity contribution in [2.75, 3.05) is 26.8 Å². The molecule has 0 aliphatic heterocycles. The number of ether oxygens (including phenoxy) is 1. The van der Waals surface area contributed by atoms with Crippen LogP contribution in [-0.2, 0) is 11.3 Å². The lowest BCUT2D eigenvalue weighted by Gasteiger charge is -2.29. The Morgan fingerprint density at radius 2 is 1.96 bits per heavy atom. The molecule has 1 heterocycles. The summed E-state index contributed by atoms with van der Waals surface area (Å²) in [6, 6.07) is 2.06. The molecule has 1 aliphatic rings. The van der Waals surface area contributed by atoms with Crippen molar-refractivity contribution in [2.24, 2.45) is 10.4 Å². The van der Waals surface area contributed by atoms with Crippen molar-refractivity contribution in [1.29, 1.82) is 0 Å². The fraction of sp³-hybridized carbons (Fsp3) is 0.810. The van der Waals surface area contributed by atoms with Gasteiger partial charge in [0.2, 0.25) is 0 Å². The second kappa shape index (κ2) is 13.4. The average molecular weight is 506 g/mol. The summed E-state index contributed by atoms with van der Waals surface area (Å²) in [6.45, 7) is 9.59. The van der Waals surface area contributed by atoms with Crippen LogP contribution >= 0.6 is 24.0 Å². The molecule has 7 heteroatoms. The second-order valence-electron chi connectivity index (χ2n) is 7.73. The van der Waals surface area contributed by atoms with Crippen LogP contribution in [0.5, 0.6) is 0 Å². The molecule has 2 rings (SSSR count). The van der Waals surface area contributed by atoms with E-state index in [1.807, 2.05) is 0 Å². The van der Waals surface area contributed by atoms with Crippen LogP contribution in [0.3, 0.4) is 0 Å². The third kappa shape index (κ3) is 7.54. The molecule has 0 aromatic carbocycles. The van der Waals surface area contributed by atoms with E-state index in [0.717, 1.165) is 56.4 Å². The van der Waals surface area contributed by atoms with Crippen LogP contribution in [0.2, 0.25) is 0 Å². The summed E-state index contributed by atoms with van der Waals surface area (Å²) in [4.78, 5) is 4.71. The summed E-state index contributed by atoms with van der Waals surface area (Å²) in [5, 5.41) is 11.1. The van der Waals surface area contributed by atoms with Crippen molar-refractivity contribution >= 4 is 29.9 Å². The minimum Gasteiger partial charge on any atom is -0.385 e. The van der Waals surface area contributed by atoms with E-state index < -0.39 is 0 Å². The van der Waals surface area contributed by atoms with Crippen molar-refractivity contribution in [2.45, 2.75) is 78.2 Å². The van der Waals surface area contributed by atoms with Crippen LogP contribution in [0.4, 0.5) is 0 Å². The molecular weight excluding hydrogens is 467 g/mol. The summed E-state index contributed by atoms with van der Waals surface area (Å²) in [7, 11) is 1.79. The lowest BCUT2D eigenvalue weighted by molar-refractivity contribution is 0.138. The maximum absolute atomic E-state index is 5.50. The van der Waals surface area contributed by atoms with Gasteiger partial charge in [0, 0.05) is 38.8 Å². The number of nitrogens with zero attached hydrogens (tertiary/aromatic N) is 2. The zero-order chi connectivity index (χ0) is 19.5. The molecule has 1 saturated carbocycles. The number of methoxy groups -OCH3 is 1. The molecule has 0 bridgehead atoms. The molecule has 0 amide bonds. The highest BCUT2D eigenvalue weighted by Crippen LogP contribution is 2.40. The number of hydrogen-bond acceptors (Lipinski definition) is 4. The van der Waals surface area contributed by atoms with E-state index in [0.29, 0.717) is 17.9 Å². The Hall–Kier alpha value is -0.830. The first kappa shape index (κ1) is 25.2. The van der Waals surface area contributed by atoms with Crippen LogP contribution in [-0.4, -0.2) is 37.9 Å². The molecule has 0 unspecified atom stereocenters. The van der Waals surface area contributed by atoms with Crippen molar-refractivity contribution in [1.82, 2.24) is 15.8 Å². The zero-order valence-corrected chi connectivity index (χ0v) is 20.4. The fourth-order valence-corrected chi connectivity index (χ4v) is 4.03. The normalized spacial score (nSPS) is 16.2. The third-order valence-electron chi connectivity index (χ3n) is 5.85. The minimum atomic E-state index is 0. The molecule has 1 aromatic rings. The van der Waals surface area contributed by atoms with E-state index in [1.54, 1.807) is 7.11 Å². The molecule has 1 fully saturated rings. The maximum Gasteiger partial charge on any atom is 0.191 e. The van der Waals surface area contributed by atoms with Crippen LogP contribution in [0.25, 0.3) is 0 Å². The van der Waals surface area contributed by atoms with Gasteiger partial charge in [0.15, 0.2) is 11.7 Å². The monoisotopic (exact) mass is 506 g/mol. The van der Waals surface area contributed by atoms with Crippen molar-refractivity contribution in [3.63, 3.8) is 0 Å². The topological polar surface area (TPSA) is 71.7 Å². The largest absolute Gasteiger partial charge is 0.385 e. The molecule has 0 atom stereocenters. The molecule has 0 spiro atoms. The number of halogens is 1. The van der Waals surface area contributed by atoms with Crippen LogP contribution in [0, 0.1) is 5.41 Å². The molecule has 1 aliphatic carbocycles. The third-order valence-corrected chi connectivity index (χ3v) is 5.85. The molecule has 6 nitrogen and oxygen atoms in total. The zero-order valence-electron chi connectivity index (χ0n) is 18.1. The van der Waals surface area contributed by atoms with Gasteiger partial charge in [0.1, 0.15) is 6.54 Å². The fourth-order valence-electron chi connectivity index (χ4n) is 4.03. The van der Waals surface area contributed by atoms with Gasteiger partial charge in [-0.1, -0.05) is 31.8 Å². The Balaban J connectivity index is 0.00000392. The van der Waals surface area contributed by atoms with E-state index in [4.69, 9.17) is 14.3 Å². The number of guanidine groups is 1. The highest BCUT2D eigenvalue weighted by atomic mass is 127. The first-order valence-electron chi connectivity index (χ1n) is 10.6. The molecule has 2 N–H and O–H groups in total. The van der Waals surface area contributed by atoms with Crippen LogP contribution < -0.4 is 10.6 Å². The van der Waals surface area contributed by atoms with Crippen molar-refractivity contribution in [3.8, 4) is 0 Å². The highest BCUT2D eigenvalue weighted by Gasteiger charge is 2.33. The lowest BCUT2D eigenvalue weighted by atomic mass is 9.83. The Labute approximate surface area is 187 Å². The number of rotatable bonds is 11. The van der Waals surface area contributed by atoms with Gasteiger partial charge in [-0.2, -0.15) is 0 Å². The first-order chi connectivity index (χ1) is 13.2. The Kier molecular flexibility index (Phi) is 12.1. The van der Waals surface area contributed by atoms with Gasteiger partial charge in [-0.15, -0.1) is 24.0 Å². The van der Waals surface area contributed by atoms with E-state index in [1.165, 1.54) is 25.7 Å². The molecule has 0 radical (unpaired) electrons. The molecular formula is C21H39IN4O2. The Morgan fingerprint density at radius 3 is 2.57 bits per heavy atom. The summed E-state index contributed by atoms with van der Waals surface area (Å²) in [5.74, 6) is 2.14. The van der Waals surface area contributed by atoms with Crippen molar-refractivity contribution in [3.05, 3.63) is 17.5 Å². The van der Waals surface area contributed by atoms with Gasteiger partial charge in [0.25, 0.3) is 0 Å². The van der Waals surface area contributed by atoms with Gasteiger partial charge < -0.3 is 19.9 Å². The smallest absolute Gasteiger partial charge is 0.191 e. The van der Waals surface area contributed by atoms with Crippen LogP contribution in [0.15, 0.2) is 15.6 Å². The van der Waals surface area contributed by atoms with Crippen molar-refractivity contribution < 1.29 is 9.26 Å². The van der Waals surface area contributed by atoms with E-state index >= 15 is 0 Å². The standard InChI is InChI=1S/C21H38N4O2.HI/c1-5-17(6-2)19-14-18(27-25-19)15-23-20(22-7-3)24-16-21(12-13-26-4)10-8-9-11-21;/h14,17H,5-13,15-16H2,1-4H3,(H2,22,23,24);1H. The highest BCUT2D eigenvalue weighted by molar-refractivity contribution is 14.0. The number of aromatic nitrogens is 1. The van der Waals surface area contributed by atoms with Gasteiger partial charge >= 0.3 is 0 Å². The Morgan fingerprint density at radius 1 is 1.25 bits per heavy atom. The SMILES string of the molecule is CCNC(=NCc1cc(C(CC)CC)no1)NCC1(CCOC)CCCC1.I. The molecule has 1 aromatic heterocycles. The van der Waals surface area contributed by atoms with Gasteiger partial charge in [-0.25, -0.2) is 4.99 Å². The van der Waals surface area contributed by atoms with E-state index in [2.05, 4.69) is 42.6 Å². The second-order valence-corrected chi connectivity index (χ2v) is 7.73. The Bertz CT molecular complexity index is 567. The van der Waals surface area contributed by atoms with E-state index in [9.17, 15) is 0 Å². The van der Waals surface area contributed by atoms with Gasteiger partial charge in [0.05, 0.1) is 5.69 Å². The lowest BCUT2D eigenvalue weighted by Crippen LogP contribution is -2.43. The molecule has 162 valence electrons.